The maximum absolute atomic E-state index is 11.4. The van der Waals surface area contributed by atoms with Crippen molar-refractivity contribution in [2.24, 2.45) is 5.73 Å². The fourth-order valence-electron chi connectivity index (χ4n) is 3.57. The number of likely N-dealkylation sites (N-methyl/N-ethyl adjacent to an activating group) is 1. The molecule has 108 valence electrons. The average Bonchev–Trinajstić information content (AvgIpc) is 2.64. The van der Waals surface area contributed by atoms with Crippen molar-refractivity contribution in [3.05, 3.63) is 23.8 Å². The van der Waals surface area contributed by atoms with Crippen LogP contribution in [0.25, 0.3) is 0 Å². The summed E-state index contributed by atoms with van der Waals surface area (Å²) in [6.07, 6.45) is 3.69. The molecule has 1 amide bonds. The normalized spacial score (nSPS) is 26.6. The second-order valence-corrected chi connectivity index (χ2v) is 5.89. The van der Waals surface area contributed by atoms with Gasteiger partial charge in [0.05, 0.1) is 16.9 Å². The summed E-state index contributed by atoms with van der Waals surface area (Å²) in [5.41, 5.74) is 13.4. The average molecular weight is 274 g/mol. The third-order valence-electron chi connectivity index (χ3n) is 4.84. The lowest BCUT2D eigenvalue weighted by Crippen LogP contribution is -2.37. The monoisotopic (exact) mass is 274 g/mol. The van der Waals surface area contributed by atoms with E-state index in [4.69, 9.17) is 11.5 Å². The number of hydrogen-bond donors (Lipinski definition) is 2. The first-order valence-corrected chi connectivity index (χ1v) is 7.23. The van der Waals surface area contributed by atoms with Crippen LogP contribution in [0.2, 0.25) is 0 Å². The molecular weight excluding hydrogens is 252 g/mol. The molecular formula is C15H22N4O. The summed E-state index contributed by atoms with van der Waals surface area (Å²) in [6, 6.07) is 6.81. The van der Waals surface area contributed by atoms with Crippen LogP contribution in [0.5, 0.6) is 0 Å². The van der Waals surface area contributed by atoms with Crippen molar-refractivity contribution in [1.29, 1.82) is 0 Å². The van der Waals surface area contributed by atoms with Crippen molar-refractivity contribution in [2.45, 2.75) is 31.3 Å². The Balaban J connectivity index is 1.90. The zero-order chi connectivity index (χ0) is 14.3. The summed E-state index contributed by atoms with van der Waals surface area (Å²) in [6.45, 7) is 1.96. The summed E-state index contributed by atoms with van der Waals surface area (Å²) in [7, 11) is 2.22. The summed E-state index contributed by atoms with van der Waals surface area (Å²) in [5, 5.41) is 0. The van der Waals surface area contributed by atoms with Gasteiger partial charge < -0.3 is 16.4 Å². The van der Waals surface area contributed by atoms with Gasteiger partial charge in [0.2, 0.25) is 0 Å². The molecule has 0 aromatic heterocycles. The number of hydrogen-bond acceptors (Lipinski definition) is 4. The number of carbonyl (C=O) groups excluding carboxylic acids is 1. The highest BCUT2D eigenvalue weighted by Crippen LogP contribution is 2.33. The lowest BCUT2D eigenvalue weighted by Gasteiger charge is -2.29. The molecule has 2 unspecified atom stereocenters. The van der Waals surface area contributed by atoms with Crippen LogP contribution >= 0.6 is 0 Å². The first-order chi connectivity index (χ1) is 9.58. The Morgan fingerprint density at radius 2 is 2.00 bits per heavy atom. The molecule has 2 saturated heterocycles. The van der Waals surface area contributed by atoms with Gasteiger partial charge in [0, 0.05) is 25.2 Å². The van der Waals surface area contributed by atoms with Gasteiger partial charge in [-0.1, -0.05) is 6.07 Å². The van der Waals surface area contributed by atoms with Crippen molar-refractivity contribution in [3.8, 4) is 0 Å². The van der Waals surface area contributed by atoms with E-state index in [1.165, 1.54) is 12.8 Å². The molecule has 2 fully saturated rings. The van der Waals surface area contributed by atoms with Gasteiger partial charge in [0.1, 0.15) is 0 Å². The number of nitrogens with zero attached hydrogens (tertiary/aromatic N) is 2. The smallest absolute Gasteiger partial charge is 0.250 e. The predicted octanol–water partition coefficient (Wildman–Crippen LogP) is 1.04. The van der Waals surface area contributed by atoms with E-state index in [1.807, 2.05) is 12.1 Å². The fraction of sp³-hybridized carbons (Fsp3) is 0.533. The minimum Gasteiger partial charge on any atom is -0.396 e. The zero-order valence-corrected chi connectivity index (χ0v) is 11.9. The van der Waals surface area contributed by atoms with Crippen LogP contribution in [0, 0.1) is 0 Å². The van der Waals surface area contributed by atoms with Crippen LogP contribution < -0.4 is 16.4 Å². The quantitative estimate of drug-likeness (QED) is 0.790. The number of anilines is 2. The molecule has 0 radical (unpaired) electrons. The molecule has 1 aromatic carbocycles. The Labute approximate surface area is 119 Å². The van der Waals surface area contributed by atoms with Crippen LogP contribution in [0.15, 0.2) is 18.2 Å². The molecule has 0 aliphatic carbocycles. The van der Waals surface area contributed by atoms with Gasteiger partial charge in [-0.3, -0.25) is 9.69 Å². The van der Waals surface area contributed by atoms with E-state index in [1.54, 1.807) is 6.07 Å². The van der Waals surface area contributed by atoms with E-state index < -0.39 is 5.91 Å². The lowest BCUT2D eigenvalue weighted by atomic mass is 10.1. The Kier molecular flexibility index (Phi) is 3.30. The van der Waals surface area contributed by atoms with Crippen molar-refractivity contribution < 1.29 is 4.79 Å². The molecule has 1 aromatic rings. The maximum atomic E-state index is 11.4. The van der Waals surface area contributed by atoms with E-state index in [9.17, 15) is 4.79 Å². The fourth-order valence-corrected chi connectivity index (χ4v) is 3.57. The Morgan fingerprint density at radius 3 is 2.75 bits per heavy atom. The molecule has 2 bridgehead atoms. The van der Waals surface area contributed by atoms with Crippen LogP contribution in [0.3, 0.4) is 0 Å². The highest BCUT2D eigenvalue weighted by molar-refractivity contribution is 6.00. The minimum atomic E-state index is -0.460. The molecule has 2 aliphatic rings. The predicted molar refractivity (Wildman–Crippen MR) is 80.8 cm³/mol. The number of rotatable bonds is 2. The highest BCUT2D eigenvalue weighted by atomic mass is 16.1. The summed E-state index contributed by atoms with van der Waals surface area (Å²) < 4.78 is 0. The molecule has 20 heavy (non-hydrogen) atoms. The van der Waals surface area contributed by atoms with E-state index >= 15 is 0 Å². The SMILES string of the molecule is CN1C2CCC1CN(c1cccc(C(N)=O)c1N)CC2. The number of nitrogens with two attached hydrogens (primary N) is 2. The van der Waals surface area contributed by atoms with Gasteiger partial charge in [-0.15, -0.1) is 0 Å². The molecule has 2 heterocycles. The van der Waals surface area contributed by atoms with Crippen LogP contribution in [-0.2, 0) is 0 Å². The number of fused-ring (bicyclic) bond motifs is 2. The van der Waals surface area contributed by atoms with Gasteiger partial charge in [-0.25, -0.2) is 0 Å². The van der Waals surface area contributed by atoms with Gasteiger partial charge in [-0.05, 0) is 38.4 Å². The van der Waals surface area contributed by atoms with Gasteiger partial charge >= 0.3 is 0 Å². The van der Waals surface area contributed by atoms with Crippen molar-refractivity contribution in [3.63, 3.8) is 0 Å². The van der Waals surface area contributed by atoms with E-state index in [0.29, 0.717) is 23.3 Å². The van der Waals surface area contributed by atoms with E-state index in [2.05, 4.69) is 16.8 Å². The van der Waals surface area contributed by atoms with Crippen LogP contribution in [0.1, 0.15) is 29.6 Å². The standard InChI is InChI=1S/C15H22N4O/c1-18-10-5-6-11(18)9-19(8-7-10)13-4-2-3-12(14(13)16)15(17)20/h2-4,10-11H,5-9,16H2,1H3,(H2,17,20). The van der Waals surface area contributed by atoms with Crippen LogP contribution in [0.4, 0.5) is 11.4 Å². The second-order valence-electron chi connectivity index (χ2n) is 5.89. The molecule has 0 saturated carbocycles. The number of para-hydroxylation sites is 1. The van der Waals surface area contributed by atoms with E-state index in [-0.39, 0.29) is 0 Å². The molecule has 2 aliphatic heterocycles. The Bertz CT molecular complexity index is 531. The minimum absolute atomic E-state index is 0.422. The molecule has 4 N–H and O–H groups in total. The van der Waals surface area contributed by atoms with Gasteiger partial charge in [-0.2, -0.15) is 0 Å². The summed E-state index contributed by atoms with van der Waals surface area (Å²) in [5.74, 6) is -0.460. The summed E-state index contributed by atoms with van der Waals surface area (Å²) >= 11 is 0. The third kappa shape index (κ3) is 2.12. The Morgan fingerprint density at radius 1 is 1.25 bits per heavy atom. The molecule has 5 nitrogen and oxygen atoms in total. The lowest BCUT2D eigenvalue weighted by molar-refractivity contribution is 0.100. The largest absolute Gasteiger partial charge is 0.396 e. The molecule has 2 atom stereocenters. The topological polar surface area (TPSA) is 75.6 Å². The highest BCUT2D eigenvalue weighted by Gasteiger charge is 2.35. The number of benzene rings is 1. The first-order valence-electron chi connectivity index (χ1n) is 7.23. The Hall–Kier alpha value is -1.75. The summed E-state index contributed by atoms with van der Waals surface area (Å²) in [4.78, 5) is 16.2. The van der Waals surface area contributed by atoms with E-state index in [0.717, 1.165) is 25.2 Å². The number of primary amides is 1. The maximum Gasteiger partial charge on any atom is 0.250 e. The number of carbonyl (C=O) groups is 1. The van der Waals surface area contributed by atoms with Crippen molar-refractivity contribution >= 4 is 17.3 Å². The third-order valence-corrected chi connectivity index (χ3v) is 4.84. The van der Waals surface area contributed by atoms with Gasteiger partial charge in [0.25, 0.3) is 5.91 Å². The molecule has 0 spiro atoms. The van der Waals surface area contributed by atoms with Gasteiger partial charge in [0.15, 0.2) is 0 Å². The number of nitrogen functional groups attached to an aromatic ring is 1. The van der Waals surface area contributed by atoms with Crippen molar-refractivity contribution in [1.82, 2.24) is 4.90 Å². The van der Waals surface area contributed by atoms with Crippen LogP contribution in [-0.4, -0.2) is 43.0 Å². The molecule has 5 heteroatoms. The van der Waals surface area contributed by atoms with Crippen molar-refractivity contribution in [2.75, 3.05) is 30.8 Å². The second kappa shape index (κ2) is 4.98. The first kappa shape index (κ1) is 13.2. The molecule has 3 rings (SSSR count). The zero-order valence-electron chi connectivity index (χ0n) is 11.9. The number of amides is 1.